The Morgan fingerprint density at radius 3 is 2.32 bits per heavy atom. The molecular weight excluding hydrogens is 301 g/mol. The van der Waals surface area contributed by atoms with Crippen LogP contribution in [-0.2, 0) is 10.0 Å². The third-order valence-corrected chi connectivity index (χ3v) is 4.97. The van der Waals surface area contributed by atoms with E-state index in [9.17, 15) is 21.6 Å². The Balaban J connectivity index is 4.54. The minimum atomic E-state index is -4.33. The van der Waals surface area contributed by atoms with Crippen molar-refractivity contribution in [3.8, 4) is 0 Å². The molecule has 114 valence electrons. The number of hydrogen-bond donors (Lipinski definition) is 1. The Bertz CT molecular complexity index is 396. The zero-order valence-electron chi connectivity index (χ0n) is 10.9. The summed E-state index contributed by atoms with van der Waals surface area (Å²) in [5, 5.41) is 0. The lowest BCUT2D eigenvalue weighted by Gasteiger charge is -2.23. The molecule has 0 rings (SSSR count). The zero-order valence-corrected chi connectivity index (χ0v) is 12.5. The van der Waals surface area contributed by atoms with Crippen molar-refractivity contribution in [3.05, 3.63) is 0 Å². The molecule has 0 aromatic carbocycles. The monoisotopic (exact) mass is 320 g/mol. The van der Waals surface area contributed by atoms with E-state index in [4.69, 9.17) is 18.0 Å². The number of halogens is 3. The molecule has 0 aromatic rings. The van der Waals surface area contributed by atoms with Crippen LogP contribution in [0, 0.1) is 5.92 Å². The standard InChI is InChI=1S/C10H19F3N2O2S2/c1-3-15(7-8(2)9(14)18)19(16,17)6-4-5-10(11,12)13/h8H,3-7H2,1-2H3,(H2,14,18). The van der Waals surface area contributed by atoms with E-state index < -0.39 is 34.8 Å². The predicted octanol–water partition coefficient (Wildman–Crippen LogP) is 1.90. The van der Waals surface area contributed by atoms with E-state index in [0.717, 1.165) is 4.31 Å². The molecule has 2 N–H and O–H groups in total. The minimum Gasteiger partial charge on any atom is -0.393 e. The van der Waals surface area contributed by atoms with Gasteiger partial charge in [-0.2, -0.15) is 13.2 Å². The van der Waals surface area contributed by atoms with Crippen LogP contribution in [0.2, 0.25) is 0 Å². The molecule has 0 saturated carbocycles. The summed E-state index contributed by atoms with van der Waals surface area (Å²) in [5.41, 5.74) is 5.40. The maximum atomic E-state index is 12.0. The lowest BCUT2D eigenvalue weighted by molar-refractivity contribution is -0.134. The molecule has 0 amide bonds. The first-order valence-corrected chi connectivity index (χ1v) is 7.85. The molecule has 0 fully saturated rings. The second-order valence-corrected chi connectivity index (χ2v) is 6.85. The molecule has 0 aliphatic carbocycles. The molecule has 4 nitrogen and oxygen atoms in total. The first kappa shape index (κ1) is 18.6. The Morgan fingerprint density at radius 2 is 1.95 bits per heavy atom. The maximum Gasteiger partial charge on any atom is 0.389 e. The summed E-state index contributed by atoms with van der Waals surface area (Å²) in [4.78, 5) is 0.184. The second-order valence-electron chi connectivity index (χ2n) is 4.29. The van der Waals surface area contributed by atoms with Crippen molar-refractivity contribution in [2.75, 3.05) is 18.8 Å². The van der Waals surface area contributed by atoms with Gasteiger partial charge in [-0.3, -0.25) is 0 Å². The normalized spacial score (nSPS) is 14.6. The van der Waals surface area contributed by atoms with Gasteiger partial charge in [0.05, 0.1) is 10.7 Å². The first-order valence-electron chi connectivity index (χ1n) is 5.83. The molecule has 0 radical (unpaired) electrons. The molecule has 0 aromatic heterocycles. The maximum absolute atomic E-state index is 12.0. The highest BCUT2D eigenvalue weighted by Gasteiger charge is 2.29. The molecular formula is C10H19F3N2O2S2. The quantitative estimate of drug-likeness (QED) is 0.694. The van der Waals surface area contributed by atoms with Crippen LogP contribution in [0.25, 0.3) is 0 Å². The number of thiocarbonyl (C=S) groups is 1. The fourth-order valence-corrected chi connectivity index (χ4v) is 3.10. The van der Waals surface area contributed by atoms with Crippen LogP contribution in [-0.4, -0.2) is 42.7 Å². The van der Waals surface area contributed by atoms with Gasteiger partial charge in [0.15, 0.2) is 0 Å². The molecule has 0 bridgehead atoms. The van der Waals surface area contributed by atoms with Crippen molar-refractivity contribution in [1.29, 1.82) is 0 Å². The summed E-state index contributed by atoms with van der Waals surface area (Å²) in [6, 6.07) is 0. The van der Waals surface area contributed by atoms with Crippen molar-refractivity contribution in [2.24, 2.45) is 11.7 Å². The van der Waals surface area contributed by atoms with Crippen LogP contribution in [0.1, 0.15) is 26.7 Å². The highest BCUT2D eigenvalue weighted by atomic mass is 32.2. The highest BCUT2D eigenvalue weighted by Crippen LogP contribution is 2.22. The number of hydrogen-bond acceptors (Lipinski definition) is 3. The predicted molar refractivity (Wildman–Crippen MR) is 72.3 cm³/mol. The fraction of sp³-hybridized carbons (Fsp3) is 0.900. The topological polar surface area (TPSA) is 63.4 Å². The average molecular weight is 320 g/mol. The van der Waals surface area contributed by atoms with Crippen molar-refractivity contribution < 1.29 is 21.6 Å². The smallest absolute Gasteiger partial charge is 0.389 e. The molecule has 0 saturated heterocycles. The third-order valence-electron chi connectivity index (χ3n) is 2.57. The Hall–Kier alpha value is -0.410. The van der Waals surface area contributed by atoms with Crippen LogP contribution in [0.15, 0.2) is 0 Å². The van der Waals surface area contributed by atoms with Gasteiger partial charge in [-0.15, -0.1) is 0 Å². The molecule has 1 unspecified atom stereocenters. The lowest BCUT2D eigenvalue weighted by Crippen LogP contribution is -2.39. The molecule has 0 heterocycles. The molecule has 1 atom stereocenters. The molecule has 0 aliphatic heterocycles. The number of nitrogens with two attached hydrogens (primary N) is 1. The summed E-state index contributed by atoms with van der Waals surface area (Å²) in [6.45, 7) is 3.57. The summed E-state index contributed by atoms with van der Waals surface area (Å²) < 4.78 is 60.8. The van der Waals surface area contributed by atoms with E-state index in [1.54, 1.807) is 13.8 Å². The van der Waals surface area contributed by atoms with Crippen LogP contribution >= 0.6 is 12.2 Å². The number of nitrogens with zero attached hydrogens (tertiary/aromatic N) is 1. The Morgan fingerprint density at radius 1 is 1.42 bits per heavy atom. The van der Waals surface area contributed by atoms with Crippen molar-refractivity contribution >= 4 is 27.2 Å². The molecule has 0 aliphatic rings. The Kier molecular flexibility index (Phi) is 7.23. The van der Waals surface area contributed by atoms with E-state index in [1.807, 2.05) is 0 Å². The lowest BCUT2D eigenvalue weighted by atomic mass is 10.2. The number of sulfonamides is 1. The first-order chi connectivity index (χ1) is 8.49. The largest absolute Gasteiger partial charge is 0.393 e. The van der Waals surface area contributed by atoms with Gasteiger partial charge in [-0.1, -0.05) is 26.1 Å². The van der Waals surface area contributed by atoms with Gasteiger partial charge >= 0.3 is 6.18 Å². The van der Waals surface area contributed by atoms with Gasteiger partial charge in [-0.05, 0) is 6.42 Å². The van der Waals surface area contributed by atoms with Crippen molar-refractivity contribution in [1.82, 2.24) is 4.31 Å². The average Bonchev–Trinajstić information content (AvgIpc) is 2.22. The minimum absolute atomic E-state index is 0.0974. The van der Waals surface area contributed by atoms with E-state index in [-0.39, 0.29) is 24.0 Å². The van der Waals surface area contributed by atoms with Gasteiger partial charge in [0, 0.05) is 25.4 Å². The van der Waals surface area contributed by atoms with Crippen LogP contribution in [0.4, 0.5) is 13.2 Å². The molecule has 19 heavy (non-hydrogen) atoms. The van der Waals surface area contributed by atoms with Gasteiger partial charge in [0.1, 0.15) is 0 Å². The summed E-state index contributed by atoms with van der Waals surface area (Å²) in [7, 11) is -3.71. The van der Waals surface area contributed by atoms with Crippen molar-refractivity contribution in [3.63, 3.8) is 0 Å². The summed E-state index contributed by atoms with van der Waals surface area (Å²) in [5.74, 6) is -0.836. The molecule has 9 heteroatoms. The Labute approximate surface area is 117 Å². The van der Waals surface area contributed by atoms with Crippen LogP contribution < -0.4 is 5.73 Å². The van der Waals surface area contributed by atoms with Crippen molar-refractivity contribution in [2.45, 2.75) is 32.9 Å². The summed E-state index contributed by atoms with van der Waals surface area (Å²) in [6.07, 6.45) is -5.88. The summed E-state index contributed by atoms with van der Waals surface area (Å²) >= 11 is 4.75. The van der Waals surface area contributed by atoms with Gasteiger partial charge in [0.25, 0.3) is 0 Å². The number of rotatable bonds is 8. The van der Waals surface area contributed by atoms with E-state index in [0.29, 0.717) is 0 Å². The van der Waals surface area contributed by atoms with Crippen LogP contribution in [0.5, 0.6) is 0 Å². The van der Waals surface area contributed by atoms with Gasteiger partial charge < -0.3 is 5.73 Å². The number of alkyl halides is 3. The highest BCUT2D eigenvalue weighted by molar-refractivity contribution is 7.89. The van der Waals surface area contributed by atoms with E-state index in [1.165, 1.54) is 0 Å². The SMILES string of the molecule is CCN(CC(C)C(N)=S)S(=O)(=O)CCCC(F)(F)F. The fourth-order valence-electron chi connectivity index (χ4n) is 1.42. The molecule has 0 spiro atoms. The zero-order chi connectivity index (χ0) is 15.3. The van der Waals surface area contributed by atoms with Crippen LogP contribution in [0.3, 0.4) is 0 Å². The van der Waals surface area contributed by atoms with E-state index in [2.05, 4.69) is 0 Å². The van der Waals surface area contributed by atoms with E-state index >= 15 is 0 Å². The van der Waals surface area contributed by atoms with Gasteiger partial charge in [0.2, 0.25) is 10.0 Å². The second kappa shape index (κ2) is 7.39. The van der Waals surface area contributed by atoms with Gasteiger partial charge in [-0.25, -0.2) is 12.7 Å². The third kappa shape index (κ3) is 7.68.